The lowest BCUT2D eigenvalue weighted by molar-refractivity contribution is 0.590. The molecule has 0 aliphatic carbocycles. The van der Waals surface area contributed by atoms with Crippen molar-refractivity contribution in [1.82, 2.24) is 0 Å². The van der Waals surface area contributed by atoms with E-state index < -0.39 is 8.07 Å². The van der Waals surface area contributed by atoms with E-state index in [4.69, 9.17) is 16.0 Å². The van der Waals surface area contributed by atoms with Gasteiger partial charge in [0.05, 0.1) is 11.4 Å². The third kappa shape index (κ3) is 11.0. The molecule has 0 saturated carbocycles. The first-order valence-corrected chi connectivity index (χ1v) is 38.2. The van der Waals surface area contributed by atoms with E-state index in [0.717, 1.165) is 101 Å². The second-order valence-electron chi connectivity index (χ2n) is 30.9. The van der Waals surface area contributed by atoms with Crippen LogP contribution in [0.5, 0.6) is 0 Å². The number of para-hydroxylation sites is 1. The van der Waals surface area contributed by atoms with Crippen molar-refractivity contribution in [3.8, 4) is 55.6 Å². The van der Waals surface area contributed by atoms with Gasteiger partial charge in [-0.15, -0.1) is 0 Å². The van der Waals surface area contributed by atoms with E-state index >= 15 is 0 Å². The Hall–Kier alpha value is -10.9. The molecular formula is C96H80BClN2OSi. The Morgan fingerprint density at radius 2 is 0.686 bits per heavy atom. The molecule has 0 atom stereocenters. The molecule has 3 heterocycles. The van der Waals surface area contributed by atoms with Crippen LogP contribution in [0.25, 0.3) is 77.6 Å². The molecule has 494 valence electrons. The quantitative estimate of drug-likeness (QED) is 0.0950. The maximum absolute atomic E-state index is 7.57. The summed E-state index contributed by atoms with van der Waals surface area (Å²) in [7, 11) is -3.04. The van der Waals surface area contributed by atoms with Gasteiger partial charge in [-0.1, -0.05) is 329 Å². The van der Waals surface area contributed by atoms with E-state index in [0.29, 0.717) is 5.02 Å². The van der Waals surface area contributed by atoms with Crippen molar-refractivity contribution in [2.45, 2.75) is 78.6 Å². The van der Waals surface area contributed by atoms with Crippen molar-refractivity contribution in [1.29, 1.82) is 0 Å². The molecule has 0 spiro atoms. The molecule has 1 aromatic heterocycles. The number of nitrogens with zero attached hydrogens (tertiary/aromatic N) is 2. The first-order chi connectivity index (χ1) is 49.4. The van der Waals surface area contributed by atoms with Crippen molar-refractivity contribution in [2.75, 3.05) is 9.80 Å². The topological polar surface area (TPSA) is 19.6 Å². The Labute approximate surface area is 607 Å². The fraction of sp³-hybridized carbons (Fsp3) is 0.125. The smallest absolute Gasteiger partial charge is 0.252 e. The van der Waals surface area contributed by atoms with Crippen LogP contribution in [0.3, 0.4) is 0 Å². The molecule has 0 bridgehead atoms. The van der Waals surface area contributed by atoms with Crippen molar-refractivity contribution in [3.05, 3.63) is 343 Å². The van der Waals surface area contributed by atoms with Gasteiger partial charge in [0.1, 0.15) is 11.2 Å². The Kier molecular flexibility index (Phi) is 15.8. The highest BCUT2D eigenvalue weighted by molar-refractivity contribution is 7.20. The Balaban J connectivity index is 0.970. The lowest BCUT2D eigenvalue weighted by Crippen LogP contribution is -2.74. The first kappa shape index (κ1) is 64.4. The third-order valence-electron chi connectivity index (χ3n) is 21.5. The fourth-order valence-electron chi connectivity index (χ4n) is 16.3. The number of rotatable bonds is 11. The average molecular weight is 1350 g/mol. The zero-order valence-corrected chi connectivity index (χ0v) is 61.1. The molecule has 0 amide bonds. The van der Waals surface area contributed by atoms with E-state index in [1.807, 2.05) is 0 Å². The molecule has 0 saturated heterocycles. The van der Waals surface area contributed by atoms with Gasteiger partial charge in [-0.3, -0.25) is 0 Å². The molecule has 17 rings (SSSR count). The molecule has 2 aliphatic heterocycles. The van der Waals surface area contributed by atoms with E-state index in [9.17, 15) is 0 Å². The summed E-state index contributed by atoms with van der Waals surface area (Å²) in [4.78, 5) is 5.30. The Morgan fingerprint density at radius 3 is 1.16 bits per heavy atom. The monoisotopic (exact) mass is 1350 g/mol. The van der Waals surface area contributed by atoms with Crippen LogP contribution in [0.4, 0.5) is 34.1 Å². The van der Waals surface area contributed by atoms with Gasteiger partial charge in [0, 0.05) is 60.8 Å². The number of hydrogen-bond donors (Lipinski definition) is 0. The highest BCUT2D eigenvalue weighted by Gasteiger charge is 2.47. The van der Waals surface area contributed by atoms with E-state index in [-0.39, 0.29) is 23.0 Å². The average Bonchev–Trinajstić information content (AvgIpc) is 0.765. The minimum Gasteiger partial charge on any atom is -0.456 e. The molecular weight excluding hydrogens is 1270 g/mol. The second kappa shape index (κ2) is 25.0. The van der Waals surface area contributed by atoms with Crippen LogP contribution in [-0.2, 0) is 16.2 Å². The minimum atomic E-state index is -3.04. The maximum atomic E-state index is 7.57. The van der Waals surface area contributed by atoms with Gasteiger partial charge in [-0.2, -0.15) is 0 Å². The first-order valence-electron chi connectivity index (χ1n) is 35.8. The molecule has 2 aliphatic rings. The van der Waals surface area contributed by atoms with Crippen molar-refractivity contribution in [2.24, 2.45) is 0 Å². The number of hydrogen-bond acceptors (Lipinski definition) is 3. The number of fused-ring (bicyclic) bond motifs is 7. The van der Waals surface area contributed by atoms with Crippen LogP contribution in [0.1, 0.15) is 79.0 Å². The summed E-state index contributed by atoms with van der Waals surface area (Å²) >= 11 is 7.57. The van der Waals surface area contributed by atoms with Crippen LogP contribution in [-0.4, -0.2) is 14.8 Å². The second-order valence-corrected chi connectivity index (χ2v) is 35.2. The van der Waals surface area contributed by atoms with E-state index in [2.05, 4.69) is 394 Å². The highest BCUT2D eigenvalue weighted by Crippen LogP contribution is 2.55. The summed E-state index contributed by atoms with van der Waals surface area (Å²) in [5.74, 6) is 0. The predicted molar refractivity (Wildman–Crippen MR) is 440 cm³/mol. The number of furan rings is 1. The standard InChI is InChI=1S/C96H80BClN2OSi/c1-94(2,3)69-55-78(64-30-16-10-17-31-64)92(79(56-69)65-32-18-11-19-33-65)99-85-52-46-68(63-44-48-75(49-45-63)102(73-38-24-14-25-39-73,74-40-26-15-27-41-74)76-50-53-90-82(62-76)77-42-28-29-43-89(77)101-90)54-84(85)97-83-51-47-72(98)61-86(83)100(88-60-71(96(7,8)9)59-87(99)91(88)97)93-80(66-34-20-12-21-35-66)57-70(95(4,5)6)58-81(93)67-36-22-13-23-37-67/h10-62H,1-9H3. The molecule has 102 heavy (non-hydrogen) atoms. The van der Waals surface area contributed by atoms with Gasteiger partial charge < -0.3 is 14.2 Å². The summed E-state index contributed by atoms with van der Waals surface area (Å²) in [6, 6.07) is 121. The maximum Gasteiger partial charge on any atom is 0.252 e. The number of benzene rings is 14. The zero-order chi connectivity index (χ0) is 69.8. The van der Waals surface area contributed by atoms with Crippen LogP contribution >= 0.6 is 11.6 Å². The van der Waals surface area contributed by atoms with Crippen molar-refractivity contribution in [3.63, 3.8) is 0 Å². The van der Waals surface area contributed by atoms with Gasteiger partial charge >= 0.3 is 0 Å². The van der Waals surface area contributed by atoms with Gasteiger partial charge in [-0.25, -0.2) is 0 Å². The van der Waals surface area contributed by atoms with Crippen molar-refractivity contribution >= 4 is 120 Å². The Morgan fingerprint density at radius 1 is 0.294 bits per heavy atom. The summed E-state index contributed by atoms with van der Waals surface area (Å²) < 4.78 is 6.52. The van der Waals surface area contributed by atoms with Crippen LogP contribution in [0.2, 0.25) is 5.02 Å². The summed E-state index contributed by atoms with van der Waals surface area (Å²) in [5, 5.41) is 8.16. The Bertz CT molecular complexity index is 5540. The normalized spacial score (nSPS) is 12.9. The molecule has 0 unspecified atom stereocenters. The number of anilines is 6. The molecule has 0 N–H and O–H groups in total. The molecule has 6 heteroatoms. The van der Waals surface area contributed by atoms with E-state index in [1.54, 1.807) is 0 Å². The molecule has 0 radical (unpaired) electrons. The fourth-order valence-corrected chi connectivity index (χ4v) is 21.2. The minimum absolute atomic E-state index is 0.178. The van der Waals surface area contributed by atoms with Crippen LogP contribution in [0, 0.1) is 0 Å². The molecule has 14 aromatic carbocycles. The summed E-state index contributed by atoms with van der Waals surface area (Å²) in [6.07, 6.45) is 0. The lowest BCUT2D eigenvalue weighted by Gasteiger charge is -2.46. The van der Waals surface area contributed by atoms with Crippen molar-refractivity contribution < 1.29 is 4.42 Å². The SMILES string of the molecule is CC(C)(C)c1cc(-c2ccccc2)c(N2c3ccc(-c4ccc([Si](c5ccccc5)(c5ccccc5)c5ccc6oc7ccccc7c6c5)cc4)cc3B3c4ccc(Cl)cc4N(c4c(-c5ccccc5)cc(C(C)(C)C)cc4-c4ccccc4)c4cc(C(C)(C)C)cc2c43)c(-c2ccccc2)c1. The van der Waals surface area contributed by atoms with Gasteiger partial charge in [0.15, 0.2) is 8.07 Å². The summed E-state index contributed by atoms with van der Waals surface area (Å²) in [6.45, 7) is 20.9. The zero-order valence-electron chi connectivity index (χ0n) is 59.4. The number of halogens is 1. The van der Waals surface area contributed by atoms with Gasteiger partial charge in [0.2, 0.25) is 0 Å². The van der Waals surface area contributed by atoms with Crippen LogP contribution in [0.15, 0.2) is 326 Å². The predicted octanol–water partition coefficient (Wildman–Crippen LogP) is 21.9. The molecule has 15 aromatic rings. The lowest BCUT2D eigenvalue weighted by atomic mass is 9.33. The largest absolute Gasteiger partial charge is 0.456 e. The molecule has 0 fully saturated rings. The molecule has 3 nitrogen and oxygen atoms in total. The highest BCUT2D eigenvalue weighted by atomic mass is 35.5. The van der Waals surface area contributed by atoms with Gasteiger partial charge in [-0.05, 0) is 170 Å². The van der Waals surface area contributed by atoms with Gasteiger partial charge in [0.25, 0.3) is 6.71 Å². The summed E-state index contributed by atoms with van der Waals surface area (Å²) in [5.41, 5.74) is 26.7. The van der Waals surface area contributed by atoms with Crippen LogP contribution < -0.4 is 46.9 Å². The van der Waals surface area contributed by atoms with E-state index in [1.165, 1.54) is 65.0 Å². The third-order valence-corrected chi connectivity index (χ3v) is 26.5.